The van der Waals surface area contributed by atoms with Crippen LogP contribution in [-0.2, 0) is 52.6 Å². The van der Waals surface area contributed by atoms with Crippen molar-refractivity contribution in [3.05, 3.63) is 52.3 Å². The molecule has 2 heterocycles. The summed E-state index contributed by atoms with van der Waals surface area (Å²) < 4.78 is 29.5. The lowest BCUT2D eigenvalue weighted by Gasteiger charge is -2.30. The minimum Gasteiger partial charge on any atom is -0.481 e. The van der Waals surface area contributed by atoms with Crippen LogP contribution in [0.2, 0.25) is 0 Å². The van der Waals surface area contributed by atoms with Gasteiger partial charge in [0, 0.05) is 0 Å². The molecule has 2 aliphatic heterocycles. The fraction of sp³-hybridized carbons (Fsp3) is 0.531. The van der Waals surface area contributed by atoms with E-state index in [2.05, 4.69) is 5.10 Å². The van der Waals surface area contributed by atoms with Crippen LogP contribution in [0.1, 0.15) is 110 Å². The van der Waals surface area contributed by atoms with E-state index in [0.29, 0.717) is 122 Å². The highest BCUT2D eigenvalue weighted by Gasteiger charge is 2.43. The van der Waals surface area contributed by atoms with Crippen LogP contribution in [0.4, 0.5) is 5.69 Å². The summed E-state index contributed by atoms with van der Waals surface area (Å²) in [6.07, 6.45) is 6.21. The van der Waals surface area contributed by atoms with Gasteiger partial charge in [0.05, 0.1) is 67.4 Å². The highest BCUT2D eigenvalue weighted by molar-refractivity contribution is 8.25. The number of ether oxygens (including phenoxy) is 5. The number of anilines is 1. The highest BCUT2D eigenvalue weighted by Crippen LogP contribution is 2.60. The number of para-hydroxylation sites is 1. The van der Waals surface area contributed by atoms with Crippen LogP contribution < -0.4 is 14.5 Å². The van der Waals surface area contributed by atoms with Crippen LogP contribution in [0.25, 0.3) is 0 Å². The smallest absolute Gasteiger partial charge is 0.359 e. The number of carbonyl (C=O) groups is 8. The molecule has 68 heavy (non-hydrogen) atoms. The lowest BCUT2D eigenvalue weighted by atomic mass is 9.82. The Morgan fingerprint density at radius 1 is 0.574 bits per heavy atom. The first kappa shape index (κ1) is 48.8. The van der Waals surface area contributed by atoms with E-state index in [-0.39, 0.29) is 65.4 Å². The van der Waals surface area contributed by atoms with Crippen LogP contribution in [0.5, 0.6) is 11.5 Å². The molecule has 0 unspecified atom stereocenters. The van der Waals surface area contributed by atoms with Gasteiger partial charge in [-0.2, -0.15) is 10.1 Å². The van der Waals surface area contributed by atoms with E-state index in [9.17, 15) is 48.6 Å². The van der Waals surface area contributed by atoms with Gasteiger partial charge < -0.3 is 33.9 Å². The van der Waals surface area contributed by atoms with Crippen LogP contribution in [0.3, 0.4) is 0 Å². The van der Waals surface area contributed by atoms with Crippen LogP contribution >= 0.6 is 23.5 Å². The topological polar surface area (TPSA) is 239 Å². The fourth-order valence-electron chi connectivity index (χ4n) is 9.75. The van der Waals surface area contributed by atoms with Crippen molar-refractivity contribution in [2.75, 3.05) is 11.6 Å². The van der Waals surface area contributed by atoms with Gasteiger partial charge >= 0.3 is 41.8 Å². The Balaban J connectivity index is 0.959. The van der Waals surface area contributed by atoms with E-state index in [1.54, 1.807) is 37.3 Å². The first-order valence-corrected chi connectivity index (χ1v) is 25.1. The summed E-state index contributed by atoms with van der Waals surface area (Å²) in [7, 11) is 0. The number of aliphatic carboxylic acids is 2. The van der Waals surface area contributed by atoms with Crippen LogP contribution in [0, 0.1) is 35.5 Å². The van der Waals surface area contributed by atoms with Crippen molar-refractivity contribution in [2.45, 2.75) is 132 Å². The Morgan fingerprint density at radius 3 is 1.38 bits per heavy atom. The number of carbonyl (C=O) groups excluding carboxylic acids is 6. The minimum atomic E-state index is -0.845. The first-order chi connectivity index (χ1) is 32.8. The molecule has 0 bridgehead atoms. The predicted octanol–water partition coefficient (Wildman–Crippen LogP) is 7.86. The third-order valence-electron chi connectivity index (χ3n) is 13.8. The molecular formula is C49H54N2O15S2. The number of hydrogen-bond acceptors (Lipinski definition) is 16. The van der Waals surface area contributed by atoms with Gasteiger partial charge in [-0.3, -0.25) is 33.6 Å². The second-order valence-corrected chi connectivity index (χ2v) is 20.4. The van der Waals surface area contributed by atoms with Gasteiger partial charge in [0.15, 0.2) is 5.71 Å². The summed E-state index contributed by atoms with van der Waals surface area (Å²) in [4.78, 5) is 105. The van der Waals surface area contributed by atoms with E-state index in [4.69, 9.17) is 23.7 Å². The molecule has 362 valence electrons. The van der Waals surface area contributed by atoms with Crippen molar-refractivity contribution < 1.29 is 72.3 Å². The van der Waals surface area contributed by atoms with Gasteiger partial charge in [0.1, 0.15) is 23.7 Å². The summed E-state index contributed by atoms with van der Waals surface area (Å²) in [5, 5.41) is 24.1. The largest absolute Gasteiger partial charge is 0.481 e. The average molecular weight is 975 g/mol. The first-order valence-electron chi connectivity index (χ1n) is 23.5. The van der Waals surface area contributed by atoms with Gasteiger partial charge in [-0.1, -0.05) is 41.7 Å². The zero-order valence-electron chi connectivity index (χ0n) is 37.6. The summed E-state index contributed by atoms with van der Waals surface area (Å²) in [5.41, 5.74) is 0.180. The SMILES string of the molecule is CCOC(=O)C1=NN(c2ccccc2)C(=O)C1=C1Sc2c(OC(=O)C3CCC(OC(=O)C4CCC(C(=O)O)CC4)CC3)ccc(OC(=O)C3CCC(OC(=O)C4CCC(C(=O)O)CC4)CC3)c2S1. The van der Waals surface area contributed by atoms with Gasteiger partial charge in [0.2, 0.25) is 0 Å². The summed E-state index contributed by atoms with van der Waals surface area (Å²) >= 11 is 2.16. The number of fused-ring (bicyclic) bond motifs is 1. The van der Waals surface area contributed by atoms with E-state index >= 15 is 0 Å². The molecule has 4 fully saturated rings. The molecule has 17 nitrogen and oxygen atoms in total. The Kier molecular flexibility index (Phi) is 15.6. The van der Waals surface area contributed by atoms with Crippen molar-refractivity contribution in [2.24, 2.45) is 40.6 Å². The number of nitrogens with zero attached hydrogens (tertiary/aromatic N) is 2. The number of esters is 5. The lowest BCUT2D eigenvalue weighted by Crippen LogP contribution is -2.33. The maximum absolute atomic E-state index is 14.2. The van der Waals surface area contributed by atoms with Crippen LogP contribution in [0.15, 0.2) is 67.2 Å². The van der Waals surface area contributed by atoms with Crippen molar-refractivity contribution in [1.82, 2.24) is 0 Å². The Morgan fingerprint density at radius 2 is 0.971 bits per heavy atom. The number of carboxylic acid groups (broad SMARTS) is 2. The molecule has 0 atom stereocenters. The van der Waals surface area contributed by atoms with Crippen molar-refractivity contribution >= 4 is 82.6 Å². The molecule has 0 saturated heterocycles. The molecule has 0 radical (unpaired) electrons. The second-order valence-electron chi connectivity index (χ2n) is 18.1. The molecule has 6 aliphatic rings. The number of hydrazone groups is 1. The van der Waals surface area contributed by atoms with Crippen molar-refractivity contribution in [3.8, 4) is 11.5 Å². The molecule has 2 N–H and O–H groups in total. The van der Waals surface area contributed by atoms with Gasteiger partial charge in [-0.15, -0.1) is 0 Å². The lowest BCUT2D eigenvalue weighted by molar-refractivity contribution is -0.160. The van der Waals surface area contributed by atoms with Gasteiger partial charge in [-0.25, -0.2) is 4.79 Å². The molecule has 4 aliphatic carbocycles. The van der Waals surface area contributed by atoms with E-state index in [1.807, 2.05) is 0 Å². The van der Waals surface area contributed by atoms with Gasteiger partial charge in [0.25, 0.3) is 5.91 Å². The number of thioether (sulfide) groups is 2. The highest BCUT2D eigenvalue weighted by atomic mass is 32.2. The maximum atomic E-state index is 14.2. The summed E-state index contributed by atoms with van der Waals surface area (Å²) in [6, 6.07) is 11.6. The zero-order chi connectivity index (χ0) is 48.1. The van der Waals surface area contributed by atoms with Crippen LogP contribution in [-0.4, -0.2) is 82.4 Å². The quantitative estimate of drug-likeness (QED) is 0.0840. The third-order valence-corrected chi connectivity index (χ3v) is 16.4. The van der Waals surface area contributed by atoms with Crippen molar-refractivity contribution in [3.63, 3.8) is 0 Å². The van der Waals surface area contributed by atoms with E-state index in [0.717, 1.165) is 28.5 Å². The number of carboxylic acids is 2. The standard InChI is InChI=1S/C49H54N2O15S2/c1-2-62-48(61)38-37(41(52)51(50-38)32-6-4-3-5-7-32)49-67-39-35(65-46(59)30-16-20-33(21-17-30)63-44(57)28-12-8-26(9-13-28)42(53)54)24-25-36(40(39)68-49)66-47(60)31-18-22-34(23-19-31)64-45(58)29-14-10-27(11-15-29)43(55)56/h3-7,24-31,33-34H,2,8-23H2,1H3,(H,53,54)(H,55,56). The third kappa shape index (κ3) is 11.1. The van der Waals surface area contributed by atoms with E-state index in [1.165, 1.54) is 12.1 Å². The Hall–Kier alpha value is -5.69. The van der Waals surface area contributed by atoms with E-state index < -0.39 is 59.4 Å². The number of hydrogen-bond donors (Lipinski definition) is 2. The number of benzene rings is 2. The molecule has 4 saturated carbocycles. The monoisotopic (exact) mass is 974 g/mol. The number of amides is 1. The summed E-state index contributed by atoms with van der Waals surface area (Å²) in [6.45, 7) is 1.67. The molecule has 8 rings (SSSR count). The number of rotatable bonds is 13. The second kappa shape index (κ2) is 21.7. The summed E-state index contributed by atoms with van der Waals surface area (Å²) in [5.74, 6) is -7.05. The Labute approximate surface area is 401 Å². The molecular weight excluding hydrogens is 921 g/mol. The van der Waals surface area contributed by atoms with Gasteiger partial charge in [-0.05, 0) is 134 Å². The molecule has 0 aromatic heterocycles. The normalized spacial score (nSPS) is 27.0. The average Bonchev–Trinajstić information content (AvgIpc) is 3.95. The Bertz CT molecular complexity index is 2260. The zero-order valence-corrected chi connectivity index (χ0v) is 39.2. The minimum absolute atomic E-state index is 0.0282. The molecule has 1 amide bonds. The molecule has 2 aromatic rings. The molecule has 2 aromatic carbocycles. The van der Waals surface area contributed by atoms with Crippen molar-refractivity contribution in [1.29, 1.82) is 0 Å². The maximum Gasteiger partial charge on any atom is 0.359 e. The fourth-order valence-corrected chi connectivity index (χ4v) is 12.4. The molecule has 0 spiro atoms. The predicted molar refractivity (Wildman–Crippen MR) is 244 cm³/mol. The molecule has 19 heteroatoms.